The lowest BCUT2D eigenvalue weighted by molar-refractivity contribution is 0.218. The topological polar surface area (TPSA) is 39.9 Å². The van der Waals surface area contributed by atoms with E-state index in [9.17, 15) is 0 Å². The highest BCUT2D eigenvalue weighted by Crippen LogP contribution is 2.28. The third kappa shape index (κ3) is 3.63. The van der Waals surface area contributed by atoms with Gasteiger partial charge in [-0.3, -0.25) is 4.57 Å². The number of hydrogen-bond acceptors (Lipinski definition) is 4. The Kier molecular flexibility index (Phi) is 5.10. The lowest BCUT2D eigenvalue weighted by atomic mass is 10.1. The van der Waals surface area contributed by atoms with Crippen LogP contribution in [-0.2, 0) is 4.74 Å². The first-order chi connectivity index (χ1) is 11.3. The average molecular weight is 325 g/mol. The van der Waals surface area contributed by atoms with Gasteiger partial charge in [-0.05, 0) is 25.1 Å². The number of benzene rings is 2. The standard InChI is InChI=1S/C18H19N3OS/c1-14-7-6-8-15(13-14)17-19-20-18(23-12-11-22-2)21(17)16-9-4-3-5-10-16/h3-10,13H,11-12H2,1-2H3. The van der Waals surface area contributed by atoms with Crippen LogP contribution in [0.1, 0.15) is 5.56 Å². The van der Waals surface area contributed by atoms with Crippen molar-refractivity contribution in [1.82, 2.24) is 14.8 Å². The van der Waals surface area contributed by atoms with Gasteiger partial charge in [-0.15, -0.1) is 10.2 Å². The first-order valence-electron chi connectivity index (χ1n) is 7.49. The quantitative estimate of drug-likeness (QED) is 0.508. The Morgan fingerprint density at radius 3 is 2.61 bits per heavy atom. The van der Waals surface area contributed by atoms with Crippen molar-refractivity contribution in [1.29, 1.82) is 0 Å². The Morgan fingerprint density at radius 1 is 1.04 bits per heavy atom. The van der Waals surface area contributed by atoms with Crippen LogP contribution in [0.5, 0.6) is 0 Å². The van der Waals surface area contributed by atoms with E-state index in [2.05, 4.69) is 52.0 Å². The van der Waals surface area contributed by atoms with E-state index in [1.54, 1.807) is 18.9 Å². The molecule has 0 fully saturated rings. The number of nitrogens with zero attached hydrogens (tertiary/aromatic N) is 3. The number of thioether (sulfide) groups is 1. The van der Waals surface area contributed by atoms with Crippen LogP contribution in [0.2, 0.25) is 0 Å². The summed E-state index contributed by atoms with van der Waals surface area (Å²) in [7, 11) is 1.71. The van der Waals surface area contributed by atoms with Gasteiger partial charge in [0, 0.05) is 24.1 Å². The summed E-state index contributed by atoms with van der Waals surface area (Å²) in [6.45, 7) is 2.77. The van der Waals surface area contributed by atoms with Crippen LogP contribution in [0.4, 0.5) is 0 Å². The fourth-order valence-electron chi connectivity index (χ4n) is 2.36. The van der Waals surface area contributed by atoms with Gasteiger partial charge < -0.3 is 4.74 Å². The molecule has 0 atom stereocenters. The van der Waals surface area contributed by atoms with E-state index in [4.69, 9.17) is 4.74 Å². The third-order valence-electron chi connectivity index (χ3n) is 3.44. The van der Waals surface area contributed by atoms with Crippen molar-refractivity contribution in [3.63, 3.8) is 0 Å². The number of aryl methyl sites for hydroxylation is 1. The molecule has 1 heterocycles. The Labute approximate surface area is 140 Å². The Hall–Kier alpha value is -2.11. The predicted octanol–water partition coefficient (Wildman–Crippen LogP) is 3.98. The van der Waals surface area contributed by atoms with Crippen LogP contribution in [0.3, 0.4) is 0 Å². The van der Waals surface area contributed by atoms with Crippen LogP contribution < -0.4 is 0 Å². The van der Waals surface area contributed by atoms with Crippen molar-refractivity contribution < 1.29 is 4.74 Å². The summed E-state index contributed by atoms with van der Waals surface area (Å²) in [5.74, 6) is 1.70. The SMILES string of the molecule is COCCSc1nnc(-c2cccc(C)c2)n1-c1ccccc1. The predicted molar refractivity (Wildman–Crippen MR) is 94.1 cm³/mol. The summed E-state index contributed by atoms with van der Waals surface area (Å²) in [4.78, 5) is 0. The van der Waals surface area contributed by atoms with Crippen LogP contribution in [-0.4, -0.2) is 34.2 Å². The van der Waals surface area contributed by atoms with Gasteiger partial charge >= 0.3 is 0 Å². The maximum atomic E-state index is 5.14. The summed E-state index contributed by atoms with van der Waals surface area (Å²) in [6.07, 6.45) is 0. The van der Waals surface area contributed by atoms with Crippen LogP contribution in [0.25, 0.3) is 17.1 Å². The second-order valence-corrected chi connectivity index (χ2v) is 6.25. The van der Waals surface area contributed by atoms with Crippen LogP contribution >= 0.6 is 11.8 Å². The third-order valence-corrected chi connectivity index (χ3v) is 4.34. The minimum Gasteiger partial charge on any atom is -0.384 e. The number of rotatable bonds is 6. The first-order valence-corrected chi connectivity index (χ1v) is 8.48. The second kappa shape index (κ2) is 7.44. The Morgan fingerprint density at radius 2 is 1.87 bits per heavy atom. The summed E-state index contributed by atoms with van der Waals surface area (Å²) < 4.78 is 7.24. The molecule has 0 aliphatic heterocycles. The van der Waals surface area contributed by atoms with Gasteiger partial charge in [0.1, 0.15) is 0 Å². The van der Waals surface area contributed by atoms with Crippen molar-refractivity contribution in [2.45, 2.75) is 12.1 Å². The van der Waals surface area contributed by atoms with Crippen LogP contribution in [0.15, 0.2) is 59.8 Å². The molecule has 5 heteroatoms. The Balaban J connectivity index is 2.06. The highest BCUT2D eigenvalue weighted by Gasteiger charge is 2.15. The van der Waals surface area contributed by atoms with E-state index in [0.29, 0.717) is 6.61 Å². The zero-order valence-electron chi connectivity index (χ0n) is 13.3. The molecular formula is C18H19N3OS. The molecule has 1 aromatic heterocycles. The van der Waals surface area contributed by atoms with Gasteiger partial charge in [0.15, 0.2) is 11.0 Å². The van der Waals surface area contributed by atoms with Gasteiger partial charge in [0.2, 0.25) is 0 Å². The van der Waals surface area contributed by atoms with Crippen molar-refractivity contribution in [3.05, 3.63) is 60.2 Å². The van der Waals surface area contributed by atoms with Crippen molar-refractivity contribution in [3.8, 4) is 17.1 Å². The number of para-hydroxylation sites is 1. The summed E-state index contributed by atoms with van der Waals surface area (Å²) in [6, 6.07) is 18.5. The highest BCUT2D eigenvalue weighted by atomic mass is 32.2. The molecule has 4 nitrogen and oxygen atoms in total. The molecule has 2 aromatic carbocycles. The zero-order chi connectivity index (χ0) is 16.1. The molecule has 0 radical (unpaired) electrons. The molecule has 0 spiro atoms. The van der Waals surface area contributed by atoms with Crippen LogP contribution in [0, 0.1) is 6.92 Å². The molecule has 23 heavy (non-hydrogen) atoms. The smallest absolute Gasteiger partial charge is 0.196 e. The average Bonchev–Trinajstić information content (AvgIpc) is 3.00. The molecule has 118 valence electrons. The van der Waals surface area contributed by atoms with Crippen molar-refractivity contribution in [2.75, 3.05) is 19.5 Å². The highest BCUT2D eigenvalue weighted by molar-refractivity contribution is 7.99. The maximum Gasteiger partial charge on any atom is 0.196 e. The second-order valence-electron chi connectivity index (χ2n) is 5.19. The molecule has 0 saturated carbocycles. The molecule has 0 saturated heterocycles. The summed E-state index contributed by atoms with van der Waals surface area (Å²) in [5.41, 5.74) is 3.34. The Bertz CT molecular complexity index is 771. The normalized spacial score (nSPS) is 10.9. The number of methoxy groups -OCH3 is 1. The lowest BCUT2D eigenvalue weighted by Gasteiger charge is -2.10. The van der Waals surface area contributed by atoms with E-state index >= 15 is 0 Å². The fraction of sp³-hybridized carbons (Fsp3) is 0.222. The summed E-state index contributed by atoms with van der Waals surface area (Å²) in [5, 5.41) is 9.70. The van der Waals surface area contributed by atoms with E-state index in [1.807, 2.05) is 24.3 Å². The largest absolute Gasteiger partial charge is 0.384 e. The van der Waals surface area contributed by atoms with E-state index in [-0.39, 0.29) is 0 Å². The van der Waals surface area contributed by atoms with Gasteiger partial charge in [-0.2, -0.15) is 0 Å². The molecule has 0 aliphatic rings. The molecule has 3 rings (SSSR count). The minimum absolute atomic E-state index is 0.687. The first kappa shape index (κ1) is 15.8. The van der Waals surface area contributed by atoms with Gasteiger partial charge in [0.25, 0.3) is 0 Å². The van der Waals surface area contributed by atoms with E-state index in [0.717, 1.165) is 28.0 Å². The molecule has 3 aromatic rings. The van der Waals surface area contributed by atoms with Gasteiger partial charge in [-0.25, -0.2) is 0 Å². The van der Waals surface area contributed by atoms with Gasteiger partial charge in [-0.1, -0.05) is 53.7 Å². The van der Waals surface area contributed by atoms with Gasteiger partial charge in [0.05, 0.1) is 6.61 Å². The maximum absolute atomic E-state index is 5.14. The molecular weight excluding hydrogens is 306 g/mol. The lowest BCUT2D eigenvalue weighted by Crippen LogP contribution is -2.01. The van der Waals surface area contributed by atoms with Crippen molar-refractivity contribution >= 4 is 11.8 Å². The fourth-order valence-corrected chi connectivity index (χ4v) is 3.21. The molecule has 0 N–H and O–H groups in total. The minimum atomic E-state index is 0.687. The molecule has 0 unspecified atom stereocenters. The zero-order valence-corrected chi connectivity index (χ0v) is 14.1. The number of aromatic nitrogens is 3. The molecule has 0 amide bonds. The van der Waals surface area contributed by atoms with E-state index < -0.39 is 0 Å². The summed E-state index contributed by atoms with van der Waals surface area (Å²) >= 11 is 1.65. The monoisotopic (exact) mass is 325 g/mol. The molecule has 0 bridgehead atoms. The number of hydrogen-bond donors (Lipinski definition) is 0. The molecule has 0 aliphatic carbocycles. The van der Waals surface area contributed by atoms with E-state index in [1.165, 1.54) is 5.56 Å². The number of ether oxygens (including phenoxy) is 1. The van der Waals surface area contributed by atoms with Crippen molar-refractivity contribution in [2.24, 2.45) is 0 Å².